The molecule has 3 heterocycles. The van der Waals surface area contributed by atoms with E-state index in [1.54, 1.807) is 6.92 Å². The molecule has 5 nitrogen and oxygen atoms in total. The minimum absolute atomic E-state index is 0. The molecule has 0 radical (unpaired) electrons. The average molecular weight is 470 g/mol. The molecule has 0 aliphatic carbocycles. The summed E-state index contributed by atoms with van der Waals surface area (Å²) in [4.78, 5) is 20.1. The second-order valence-corrected chi connectivity index (χ2v) is 8.34. The maximum Gasteiger partial charge on any atom is 0.433 e. The van der Waals surface area contributed by atoms with Crippen molar-refractivity contribution >= 4 is 24.0 Å². The van der Waals surface area contributed by atoms with Crippen LogP contribution in [0.15, 0.2) is 48.7 Å². The molecule has 1 spiro atoms. The Bertz CT molecular complexity index is 901. The van der Waals surface area contributed by atoms with Crippen molar-refractivity contribution in [3.05, 3.63) is 59.9 Å². The largest absolute Gasteiger partial charge is 0.433 e. The Balaban J connectivity index is 0.00000289. The number of likely N-dealkylation sites (tertiary alicyclic amines) is 1. The molecule has 1 aromatic carbocycles. The summed E-state index contributed by atoms with van der Waals surface area (Å²) in [5.74, 6) is -0.251. The number of rotatable bonds is 4. The SMILES string of the molecule is CC1OC2(CCN(CCc3ccccc3)CC2)CN(c2ccc(C(F)(F)F)nc2)C1=O.Cl. The number of carbonyl (C=O) groups excluding carboxylic acids is 1. The minimum atomic E-state index is -4.51. The summed E-state index contributed by atoms with van der Waals surface area (Å²) in [5.41, 5.74) is 0.224. The van der Waals surface area contributed by atoms with Crippen molar-refractivity contribution in [3.63, 3.8) is 0 Å². The van der Waals surface area contributed by atoms with E-state index in [2.05, 4.69) is 22.0 Å². The lowest BCUT2D eigenvalue weighted by molar-refractivity contribution is -0.161. The van der Waals surface area contributed by atoms with Crippen molar-refractivity contribution in [2.24, 2.45) is 0 Å². The van der Waals surface area contributed by atoms with E-state index in [9.17, 15) is 18.0 Å². The number of nitrogens with zero attached hydrogens (tertiary/aromatic N) is 3. The number of pyridine rings is 1. The predicted molar refractivity (Wildman–Crippen MR) is 118 cm³/mol. The van der Waals surface area contributed by atoms with E-state index >= 15 is 0 Å². The number of hydrogen-bond donors (Lipinski definition) is 0. The van der Waals surface area contributed by atoms with Crippen LogP contribution in [0.1, 0.15) is 31.0 Å². The third-order valence-corrected chi connectivity index (χ3v) is 6.16. The number of piperidine rings is 1. The van der Waals surface area contributed by atoms with Crippen LogP contribution in [0.3, 0.4) is 0 Å². The number of benzene rings is 1. The van der Waals surface area contributed by atoms with E-state index in [4.69, 9.17) is 4.74 Å². The van der Waals surface area contributed by atoms with Crippen LogP contribution in [0, 0.1) is 0 Å². The third-order valence-electron chi connectivity index (χ3n) is 6.16. The van der Waals surface area contributed by atoms with Gasteiger partial charge in [0.1, 0.15) is 11.8 Å². The molecule has 1 amide bonds. The number of ether oxygens (including phenoxy) is 1. The van der Waals surface area contributed by atoms with Gasteiger partial charge in [0.25, 0.3) is 5.91 Å². The number of anilines is 1. The molecule has 1 atom stereocenters. The van der Waals surface area contributed by atoms with Crippen molar-refractivity contribution in [1.29, 1.82) is 0 Å². The first-order valence-corrected chi connectivity index (χ1v) is 10.5. The van der Waals surface area contributed by atoms with Crippen LogP contribution in [0.5, 0.6) is 0 Å². The first-order valence-electron chi connectivity index (χ1n) is 10.5. The Kier molecular flexibility index (Phi) is 7.47. The molecule has 0 saturated carbocycles. The average Bonchev–Trinajstić information content (AvgIpc) is 2.76. The van der Waals surface area contributed by atoms with Gasteiger partial charge >= 0.3 is 6.18 Å². The Morgan fingerprint density at radius 2 is 1.81 bits per heavy atom. The number of halogens is 4. The molecule has 32 heavy (non-hydrogen) atoms. The van der Waals surface area contributed by atoms with Gasteiger partial charge in [0.2, 0.25) is 0 Å². The summed E-state index contributed by atoms with van der Waals surface area (Å²) >= 11 is 0. The molecular formula is C23H27ClF3N3O2. The van der Waals surface area contributed by atoms with Gasteiger partial charge in [-0.2, -0.15) is 13.2 Å². The molecule has 0 N–H and O–H groups in total. The smallest absolute Gasteiger partial charge is 0.360 e. The molecule has 2 aliphatic rings. The van der Waals surface area contributed by atoms with Crippen LogP contribution in [0.4, 0.5) is 18.9 Å². The van der Waals surface area contributed by atoms with Gasteiger partial charge in [-0.25, -0.2) is 4.98 Å². The normalized spacial score (nSPS) is 21.4. The third kappa shape index (κ3) is 5.42. The lowest BCUT2D eigenvalue weighted by atomic mass is 9.88. The minimum Gasteiger partial charge on any atom is -0.360 e. The zero-order valence-electron chi connectivity index (χ0n) is 17.8. The maximum atomic E-state index is 12.8. The molecule has 9 heteroatoms. The van der Waals surface area contributed by atoms with E-state index in [0.29, 0.717) is 12.2 Å². The van der Waals surface area contributed by atoms with Crippen LogP contribution >= 0.6 is 12.4 Å². The lowest BCUT2D eigenvalue weighted by Gasteiger charge is -2.49. The summed E-state index contributed by atoms with van der Waals surface area (Å²) in [6.07, 6.45) is -1.51. The number of carbonyl (C=O) groups is 1. The number of aromatic nitrogens is 1. The van der Waals surface area contributed by atoms with Crippen LogP contribution in [-0.2, 0) is 22.1 Å². The Morgan fingerprint density at radius 3 is 2.41 bits per heavy atom. The first-order chi connectivity index (χ1) is 14.8. The number of alkyl halides is 3. The second-order valence-electron chi connectivity index (χ2n) is 8.34. The van der Waals surface area contributed by atoms with Crippen LogP contribution in [-0.4, -0.2) is 53.7 Å². The molecule has 2 aliphatic heterocycles. The van der Waals surface area contributed by atoms with Crippen molar-refractivity contribution in [2.75, 3.05) is 31.1 Å². The second kappa shape index (κ2) is 9.77. The van der Waals surface area contributed by atoms with Gasteiger partial charge < -0.3 is 14.5 Å². The van der Waals surface area contributed by atoms with Crippen molar-refractivity contribution in [2.45, 2.75) is 44.1 Å². The summed E-state index contributed by atoms with van der Waals surface area (Å²) < 4.78 is 44.6. The van der Waals surface area contributed by atoms with E-state index < -0.39 is 23.6 Å². The van der Waals surface area contributed by atoms with E-state index in [1.807, 2.05) is 18.2 Å². The fourth-order valence-electron chi connectivity index (χ4n) is 4.37. The van der Waals surface area contributed by atoms with Crippen LogP contribution in [0.25, 0.3) is 0 Å². The zero-order chi connectivity index (χ0) is 22.1. The van der Waals surface area contributed by atoms with Crippen LogP contribution in [0.2, 0.25) is 0 Å². The molecule has 2 aromatic rings. The van der Waals surface area contributed by atoms with E-state index in [-0.39, 0.29) is 18.3 Å². The Labute approximate surface area is 192 Å². The van der Waals surface area contributed by atoms with Gasteiger partial charge in [-0.15, -0.1) is 12.4 Å². The van der Waals surface area contributed by atoms with Gasteiger partial charge in [0.05, 0.1) is 24.0 Å². The van der Waals surface area contributed by atoms with E-state index in [0.717, 1.165) is 51.2 Å². The monoisotopic (exact) mass is 469 g/mol. The predicted octanol–water partition coefficient (Wildman–Crippen LogP) is 4.35. The van der Waals surface area contributed by atoms with Gasteiger partial charge in [0.15, 0.2) is 0 Å². The van der Waals surface area contributed by atoms with Gasteiger partial charge in [-0.3, -0.25) is 4.79 Å². The maximum absolute atomic E-state index is 12.8. The molecule has 1 aromatic heterocycles. The highest BCUT2D eigenvalue weighted by Crippen LogP contribution is 2.35. The number of morpholine rings is 1. The Hall–Kier alpha value is -2.16. The fraction of sp³-hybridized carbons (Fsp3) is 0.478. The van der Waals surface area contributed by atoms with Gasteiger partial charge in [-0.05, 0) is 43.9 Å². The summed E-state index contributed by atoms with van der Waals surface area (Å²) in [7, 11) is 0. The van der Waals surface area contributed by atoms with Crippen molar-refractivity contribution in [3.8, 4) is 0 Å². The molecule has 1 unspecified atom stereocenters. The zero-order valence-corrected chi connectivity index (χ0v) is 18.7. The molecule has 0 bridgehead atoms. The van der Waals surface area contributed by atoms with Crippen LogP contribution < -0.4 is 4.90 Å². The topological polar surface area (TPSA) is 45.7 Å². The molecule has 2 saturated heterocycles. The molecule has 2 fully saturated rings. The lowest BCUT2D eigenvalue weighted by Crippen LogP contribution is -2.61. The highest BCUT2D eigenvalue weighted by atomic mass is 35.5. The quantitative estimate of drug-likeness (QED) is 0.668. The molecule has 4 rings (SSSR count). The van der Waals surface area contributed by atoms with Crippen molar-refractivity contribution in [1.82, 2.24) is 9.88 Å². The highest BCUT2D eigenvalue weighted by Gasteiger charge is 2.46. The summed E-state index contributed by atoms with van der Waals surface area (Å²) in [6, 6.07) is 12.6. The summed E-state index contributed by atoms with van der Waals surface area (Å²) in [6.45, 7) is 4.70. The molecular weight excluding hydrogens is 443 g/mol. The highest BCUT2D eigenvalue weighted by molar-refractivity contribution is 5.97. The van der Waals surface area contributed by atoms with Gasteiger partial charge in [0, 0.05) is 19.6 Å². The number of amides is 1. The number of hydrogen-bond acceptors (Lipinski definition) is 4. The van der Waals surface area contributed by atoms with E-state index in [1.165, 1.54) is 16.5 Å². The fourth-order valence-corrected chi connectivity index (χ4v) is 4.37. The summed E-state index contributed by atoms with van der Waals surface area (Å²) in [5, 5.41) is 0. The molecule has 174 valence electrons. The first kappa shape index (κ1) is 24.5. The van der Waals surface area contributed by atoms with Gasteiger partial charge in [-0.1, -0.05) is 30.3 Å². The Morgan fingerprint density at radius 1 is 1.12 bits per heavy atom. The van der Waals surface area contributed by atoms with Crippen molar-refractivity contribution < 1.29 is 22.7 Å². The standard InChI is InChI=1S/C23H26F3N3O2.ClH/c1-17-21(30)29(19-7-8-20(27-15-19)23(24,25)26)16-22(31-17)10-13-28(14-11-22)12-9-18-5-3-2-4-6-18;/h2-8,15,17H,9-14,16H2,1H3;1H.